The molecule has 0 unspecified atom stereocenters. The van der Waals surface area contributed by atoms with E-state index < -0.39 is 28.7 Å². The molecule has 3 rings (SSSR count). The highest BCUT2D eigenvalue weighted by Gasteiger charge is 2.20. The van der Waals surface area contributed by atoms with Crippen LogP contribution in [0.15, 0.2) is 53.4 Å². The van der Waals surface area contributed by atoms with E-state index in [1.54, 1.807) is 12.1 Å². The molecule has 7 nitrogen and oxygen atoms in total. The summed E-state index contributed by atoms with van der Waals surface area (Å²) >= 11 is 0. The van der Waals surface area contributed by atoms with Gasteiger partial charge in [0.25, 0.3) is 6.43 Å². The summed E-state index contributed by atoms with van der Waals surface area (Å²) in [6.07, 6.45) is -2.78. The van der Waals surface area contributed by atoms with Crippen molar-refractivity contribution < 1.29 is 22.3 Å². The number of halogens is 2. The van der Waals surface area contributed by atoms with Gasteiger partial charge < -0.3 is 10.4 Å². The van der Waals surface area contributed by atoms with Gasteiger partial charge in [0, 0.05) is 17.8 Å². The maximum atomic E-state index is 13.3. The van der Waals surface area contributed by atoms with Gasteiger partial charge in [-0.3, -0.25) is 0 Å². The number of nitrogens with one attached hydrogen (secondary N) is 1. The number of alkyl halides is 2. The lowest BCUT2D eigenvalue weighted by molar-refractivity contribution is 0.145. The minimum Gasteiger partial charge on any atom is -0.392 e. The fourth-order valence-electron chi connectivity index (χ4n) is 2.97. The normalized spacial score (nSPS) is 11.8. The van der Waals surface area contributed by atoms with Crippen LogP contribution in [0.5, 0.6) is 0 Å². The molecular formula is C19H20F2N4O3S. The van der Waals surface area contributed by atoms with E-state index in [-0.39, 0.29) is 10.5 Å². The molecule has 0 aliphatic heterocycles. The molecule has 10 heteroatoms. The number of aliphatic hydroxyl groups excluding tert-OH is 1. The van der Waals surface area contributed by atoms with Gasteiger partial charge in [0.15, 0.2) is 0 Å². The zero-order valence-corrected chi connectivity index (χ0v) is 16.3. The Labute approximate surface area is 166 Å². The van der Waals surface area contributed by atoms with Crippen LogP contribution in [-0.2, 0) is 16.6 Å². The molecule has 3 aromatic rings. The van der Waals surface area contributed by atoms with Crippen molar-refractivity contribution in [3.05, 3.63) is 59.8 Å². The first-order chi connectivity index (χ1) is 13.7. The van der Waals surface area contributed by atoms with Crippen molar-refractivity contribution in [3.8, 4) is 16.9 Å². The van der Waals surface area contributed by atoms with Gasteiger partial charge in [-0.05, 0) is 48.9 Å². The number of aromatic nitrogens is 2. The number of aliphatic hydroxyl groups is 1. The zero-order chi connectivity index (χ0) is 21.2. The van der Waals surface area contributed by atoms with E-state index in [9.17, 15) is 22.3 Å². The molecule has 2 aromatic carbocycles. The standard InChI is InChI=1S/C19H20F2N4O3S/c1-2-23-14-5-3-12(4-6-14)17-10-16(19(20)21)24-25(17)15-7-8-18(29(22,27)28)13(9-15)11-26/h3-10,19,23,26H,2,11H2,1H3,(H2,22,27,28). The van der Waals surface area contributed by atoms with Gasteiger partial charge in [-0.25, -0.2) is 27.0 Å². The summed E-state index contributed by atoms with van der Waals surface area (Å²) in [6, 6.07) is 12.4. The van der Waals surface area contributed by atoms with E-state index in [2.05, 4.69) is 10.4 Å². The Morgan fingerprint density at radius 1 is 1.17 bits per heavy atom. The van der Waals surface area contributed by atoms with E-state index in [1.165, 1.54) is 28.9 Å². The molecule has 0 aliphatic rings. The van der Waals surface area contributed by atoms with Crippen LogP contribution in [0, 0.1) is 0 Å². The monoisotopic (exact) mass is 422 g/mol. The maximum absolute atomic E-state index is 13.3. The van der Waals surface area contributed by atoms with Crippen LogP contribution < -0.4 is 10.5 Å². The molecule has 0 amide bonds. The fraction of sp³-hybridized carbons (Fsp3) is 0.211. The molecule has 29 heavy (non-hydrogen) atoms. The van der Waals surface area contributed by atoms with Crippen molar-refractivity contribution in [1.29, 1.82) is 0 Å². The van der Waals surface area contributed by atoms with E-state index >= 15 is 0 Å². The highest BCUT2D eigenvalue weighted by atomic mass is 32.2. The van der Waals surface area contributed by atoms with Crippen LogP contribution >= 0.6 is 0 Å². The van der Waals surface area contributed by atoms with E-state index in [0.29, 0.717) is 16.9 Å². The summed E-state index contributed by atoms with van der Waals surface area (Å²) < 4.78 is 51.2. The quantitative estimate of drug-likeness (QED) is 0.542. The first kappa shape index (κ1) is 20.9. The predicted octanol–water partition coefficient (Wildman–Crippen LogP) is 3.05. The summed E-state index contributed by atoms with van der Waals surface area (Å²) in [5, 5.41) is 21.8. The number of rotatable bonds is 7. The third kappa shape index (κ3) is 4.44. The topological polar surface area (TPSA) is 110 Å². The number of benzene rings is 2. The molecule has 0 saturated heterocycles. The van der Waals surface area contributed by atoms with E-state index in [4.69, 9.17) is 5.14 Å². The average Bonchev–Trinajstić information content (AvgIpc) is 3.13. The first-order valence-corrected chi connectivity index (χ1v) is 10.3. The molecule has 0 bridgehead atoms. The molecule has 0 aliphatic carbocycles. The third-order valence-electron chi connectivity index (χ3n) is 4.28. The van der Waals surface area contributed by atoms with Gasteiger partial charge >= 0.3 is 0 Å². The minimum absolute atomic E-state index is 0.0486. The zero-order valence-electron chi connectivity index (χ0n) is 15.5. The second-order valence-electron chi connectivity index (χ2n) is 6.27. The molecule has 0 fully saturated rings. The Morgan fingerprint density at radius 2 is 1.86 bits per heavy atom. The molecule has 0 radical (unpaired) electrons. The molecule has 1 heterocycles. The van der Waals surface area contributed by atoms with Gasteiger partial charge in [0.05, 0.1) is 22.9 Å². The summed E-state index contributed by atoms with van der Waals surface area (Å²) in [4.78, 5) is -0.235. The molecule has 0 spiro atoms. The van der Waals surface area contributed by atoms with Gasteiger partial charge in [0.1, 0.15) is 5.69 Å². The van der Waals surface area contributed by atoms with Crippen molar-refractivity contribution in [3.63, 3.8) is 0 Å². The van der Waals surface area contributed by atoms with Gasteiger partial charge in [-0.2, -0.15) is 5.10 Å². The summed E-state index contributed by atoms with van der Waals surface area (Å²) in [5.74, 6) is 0. The van der Waals surface area contributed by atoms with Crippen LogP contribution in [0.4, 0.5) is 14.5 Å². The van der Waals surface area contributed by atoms with Crippen molar-refractivity contribution in [2.75, 3.05) is 11.9 Å². The van der Waals surface area contributed by atoms with E-state index in [1.807, 2.05) is 19.1 Å². The Bertz CT molecular complexity index is 1110. The summed E-state index contributed by atoms with van der Waals surface area (Å²) in [7, 11) is -4.04. The number of primary sulfonamides is 1. The molecule has 0 saturated carbocycles. The Kier molecular flexibility index (Phi) is 5.96. The van der Waals surface area contributed by atoms with Crippen LogP contribution in [-0.4, -0.2) is 29.8 Å². The molecular weight excluding hydrogens is 402 g/mol. The molecule has 154 valence electrons. The first-order valence-electron chi connectivity index (χ1n) is 8.74. The largest absolute Gasteiger partial charge is 0.392 e. The number of hydrogen-bond acceptors (Lipinski definition) is 5. The van der Waals surface area contributed by atoms with Crippen molar-refractivity contribution in [2.24, 2.45) is 5.14 Å². The van der Waals surface area contributed by atoms with Gasteiger partial charge in [0.2, 0.25) is 10.0 Å². The SMILES string of the molecule is CCNc1ccc(-c2cc(C(F)F)nn2-c2ccc(S(N)(=O)=O)c(CO)c2)cc1. The summed E-state index contributed by atoms with van der Waals surface area (Å²) in [6.45, 7) is 2.12. The van der Waals surface area contributed by atoms with Crippen LogP contribution in [0.2, 0.25) is 0 Å². The second kappa shape index (κ2) is 8.27. The molecule has 0 atom stereocenters. The van der Waals surface area contributed by atoms with Crippen molar-refractivity contribution in [1.82, 2.24) is 9.78 Å². The van der Waals surface area contributed by atoms with Gasteiger partial charge in [-0.15, -0.1) is 0 Å². The number of hydrogen-bond donors (Lipinski definition) is 3. The molecule has 1 aromatic heterocycles. The van der Waals surface area contributed by atoms with Crippen molar-refractivity contribution in [2.45, 2.75) is 24.9 Å². The lowest BCUT2D eigenvalue weighted by Crippen LogP contribution is -2.15. The highest BCUT2D eigenvalue weighted by Crippen LogP contribution is 2.30. The maximum Gasteiger partial charge on any atom is 0.282 e. The molecule has 4 N–H and O–H groups in total. The van der Waals surface area contributed by atoms with Crippen molar-refractivity contribution >= 4 is 15.7 Å². The van der Waals surface area contributed by atoms with Gasteiger partial charge in [-0.1, -0.05) is 12.1 Å². The van der Waals surface area contributed by atoms with E-state index in [0.717, 1.165) is 12.2 Å². The smallest absolute Gasteiger partial charge is 0.282 e. The Morgan fingerprint density at radius 3 is 2.41 bits per heavy atom. The lowest BCUT2D eigenvalue weighted by atomic mass is 10.1. The lowest BCUT2D eigenvalue weighted by Gasteiger charge is -2.12. The Balaban J connectivity index is 2.14. The van der Waals surface area contributed by atoms with Crippen LogP contribution in [0.25, 0.3) is 16.9 Å². The average molecular weight is 422 g/mol. The predicted molar refractivity (Wildman–Crippen MR) is 105 cm³/mol. The third-order valence-corrected chi connectivity index (χ3v) is 5.29. The van der Waals surface area contributed by atoms with Crippen LogP contribution in [0.1, 0.15) is 24.6 Å². The number of sulfonamides is 1. The highest BCUT2D eigenvalue weighted by molar-refractivity contribution is 7.89. The Hall–Kier alpha value is -2.82. The minimum atomic E-state index is -4.04. The second-order valence-corrected chi connectivity index (χ2v) is 7.80. The number of nitrogens with zero attached hydrogens (tertiary/aromatic N) is 2. The number of anilines is 1. The summed E-state index contributed by atoms with van der Waals surface area (Å²) in [5.41, 5.74) is 1.88. The number of nitrogens with two attached hydrogens (primary N) is 1. The van der Waals surface area contributed by atoms with Crippen LogP contribution in [0.3, 0.4) is 0 Å². The fourth-order valence-corrected chi connectivity index (χ4v) is 3.72.